The zero-order chi connectivity index (χ0) is 11.5. The van der Waals surface area contributed by atoms with Crippen LogP contribution in [-0.2, 0) is 11.2 Å². The first kappa shape index (κ1) is 11.3. The van der Waals surface area contributed by atoms with Crippen LogP contribution in [0.25, 0.3) is 0 Å². The maximum atomic E-state index is 11.1. The number of fused-ring (bicyclic) bond motifs is 1. The standard InChI is InChI=1S/C11H12BrNO3/c1-7(14)13-9-5-11-10(15-6-16-11)4-8(9)2-3-12/h4-5H,2-3,6H2,1H3,(H,13,14). The van der Waals surface area contributed by atoms with Crippen molar-refractivity contribution in [2.24, 2.45) is 0 Å². The number of carbonyl (C=O) groups is 1. The van der Waals surface area contributed by atoms with Gasteiger partial charge in [0, 0.05) is 24.0 Å². The van der Waals surface area contributed by atoms with Gasteiger partial charge >= 0.3 is 0 Å². The molecule has 0 atom stereocenters. The molecule has 0 aromatic heterocycles. The Hall–Kier alpha value is -1.23. The van der Waals surface area contributed by atoms with Crippen LogP contribution in [0.2, 0.25) is 0 Å². The molecule has 0 aliphatic carbocycles. The molecule has 0 bridgehead atoms. The Morgan fingerprint density at radius 1 is 1.44 bits per heavy atom. The SMILES string of the molecule is CC(=O)Nc1cc2c(cc1CCBr)OCO2. The number of hydrogen-bond acceptors (Lipinski definition) is 3. The van der Waals surface area contributed by atoms with E-state index in [0.717, 1.165) is 28.8 Å². The summed E-state index contributed by atoms with van der Waals surface area (Å²) < 4.78 is 10.6. The van der Waals surface area contributed by atoms with Crippen LogP contribution in [-0.4, -0.2) is 18.0 Å². The topological polar surface area (TPSA) is 47.6 Å². The molecule has 0 fully saturated rings. The number of hydrogen-bond donors (Lipinski definition) is 1. The predicted molar refractivity (Wildman–Crippen MR) is 64.4 cm³/mol. The molecule has 1 N–H and O–H groups in total. The van der Waals surface area contributed by atoms with Gasteiger partial charge in [0.25, 0.3) is 0 Å². The van der Waals surface area contributed by atoms with E-state index >= 15 is 0 Å². The van der Waals surface area contributed by atoms with Gasteiger partial charge in [-0.3, -0.25) is 4.79 Å². The molecule has 1 heterocycles. The molecular weight excluding hydrogens is 274 g/mol. The Morgan fingerprint density at radius 3 is 2.75 bits per heavy atom. The highest BCUT2D eigenvalue weighted by Gasteiger charge is 2.17. The Morgan fingerprint density at radius 2 is 2.12 bits per heavy atom. The van der Waals surface area contributed by atoms with Gasteiger partial charge in [-0.25, -0.2) is 0 Å². The van der Waals surface area contributed by atoms with E-state index in [2.05, 4.69) is 21.2 Å². The van der Waals surface area contributed by atoms with Crippen LogP contribution in [0.15, 0.2) is 12.1 Å². The minimum absolute atomic E-state index is 0.0883. The third kappa shape index (κ3) is 2.29. The van der Waals surface area contributed by atoms with Crippen molar-refractivity contribution >= 4 is 27.5 Å². The van der Waals surface area contributed by atoms with Gasteiger partial charge in [0.15, 0.2) is 11.5 Å². The van der Waals surface area contributed by atoms with Crippen LogP contribution in [0.3, 0.4) is 0 Å². The van der Waals surface area contributed by atoms with E-state index in [-0.39, 0.29) is 12.7 Å². The Balaban J connectivity index is 2.36. The average Bonchev–Trinajstić information content (AvgIpc) is 2.64. The largest absolute Gasteiger partial charge is 0.454 e. The number of ether oxygens (including phenoxy) is 2. The van der Waals surface area contributed by atoms with Gasteiger partial charge in [0.2, 0.25) is 12.7 Å². The quantitative estimate of drug-likeness (QED) is 0.867. The highest BCUT2D eigenvalue weighted by atomic mass is 79.9. The zero-order valence-corrected chi connectivity index (χ0v) is 10.5. The highest BCUT2D eigenvalue weighted by molar-refractivity contribution is 9.09. The molecular formula is C11H12BrNO3. The second-order valence-corrected chi connectivity index (χ2v) is 4.28. The van der Waals surface area contributed by atoms with Gasteiger partial charge in [-0.1, -0.05) is 15.9 Å². The molecule has 16 heavy (non-hydrogen) atoms. The average molecular weight is 286 g/mol. The number of aryl methyl sites for hydroxylation is 1. The normalized spacial score (nSPS) is 12.6. The van der Waals surface area contributed by atoms with E-state index in [1.54, 1.807) is 0 Å². The Kier molecular flexibility index (Phi) is 3.33. The van der Waals surface area contributed by atoms with E-state index in [4.69, 9.17) is 9.47 Å². The number of carbonyl (C=O) groups excluding carboxylic acids is 1. The van der Waals surface area contributed by atoms with Gasteiger partial charge in [-0.05, 0) is 18.1 Å². The first-order valence-electron chi connectivity index (χ1n) is 4.97. The smallest absolute Gasteiger partial charge is 0.231 e. The number of rotatable bonds is 3. The molecule has 1 aromatic carbocycles. The summed E-state index contributed by atoms with van der Waals surface area (Å²) >= 11 is 3.38. The van der Waals surface area contributed by atoms with E-state index in [1.165, 1.54) is 6.92 Å². The maximum Gasteiger partial charge on any atom is 0.231 e. The molecule has 1 aliphatic rings. The lowest BCUT2D eigenvalue weighted by Gasteiger charge is -2.10. The number of benzene rings is 1. The van der Waals surface area contributed by atoms with Crippen molar-refractivity contribution in [3.05, 3.63) is 17.7 Å². The summed E-state index contributed by atoms with van der Waals surface area (Å²) in [6.07, 6.45) is 0.826. The third-order valence-electron chi connectivity index (χ3n) is 2.27. The lowest BCUT2D eigenvalue weighted by molar-refractivity contribution is -0.114. The molecule has 1 aliphatic heterocycles. The summed E-state index contributed by atoms with van der Waals surface area (Å²) in [5.41, 5.74) is 1.83. The van der Waals surface area contributed by atoms with Crippen LogP contribution in [0.4, 0.5) is 5.69 Å². The summed E-state index contributed by atoms with van der Waals surface area (Å²) in [7, 11) is 0. The van der Waals surface area contributed by atoms with Gasteiger partial charge < -0.3 is 14.8 Å². The lowest BCUT2D eigenvalue weighted by atomic mass is 10.1. The van der Waals surface area contributed by atoms with E-state index in [9.17, 15) is 4.79 Å². The number of nitrogens with one attached hydrogen (secondary N) is 1. The molecule has 1 aromatic rings. The molecule has 0 unspecified atom stereocenters. The van der Waals surface area contributed by atoms with Crippen molar-refractivity contribution in [2.75, 3.05) is 17.4 Å². The minimum atomic E-state index is -0.0883. The van der Waals surface area contributed by atoms with Crippen molar-refractivity contribution in [3.63, 3.8) is 0 Å². The minimum Gasteiger partial charge on any atom is -0.454 e. The molecule has 4 nitrogen and oxygen atoms in total. The maximum absolute atomic E-state index is 11.1. The van der Waals surface area contributed by atoms with E-state index < -0.39 is 0 Å². The van der Waals surface area contributed by atoms with Crippen molar-refractivity contribution in [1.29, 1.82) is 0 Å². The van der Waals surface area contributed by atoms with Crippen LogP contribution >= 0.6 is 15.9 Å². The molecule has 0 radical (unpaired) electrons. The van der Waals surface area contributed by atoms with Crippen LogP contribution in [0.5, 0.6) is 11.5 Å². The van der Waals surface area contributed by atoms with Crippen molar-refractivity contribution < 1.29 is 14.3 Å². The number of anilines is 1. The van der Waals surface area contributed by atoms with Crippen molar-refractivity contribution in [3.8, 4) is 11.5 Å². The predicted octanol–water partition coefficient (Wildman–Crippen LogP) is 2.31. The molecule has 0 spiro atoms. The molecule has 86 valence electrons. The summed E-state index contributed by atoms with van der Waals surface area (Å²) in [5.74, 6) is 1.34. The summed E-state index contributed by atoms with van der Waals surface area (Å²) in [4.78, 5) is 11.1. The lowest BCUT2D eigenvalue weighted by Crippen LogP contribution is -2.08. The van der Waals surface area contributed by atoms with Gasteiger partial charge in [0.05, 0.1) is 0 Å². The fourth-order valence-corrected chi connectivity index (χ4v) is 2.03. The number of amides is 1. The van der Waals surface area contributed by atoms with Crippen LogP contribution in [0, 0.1) is 0 Å². The van der Waals surface area contributed by atoms with Crippen molar-refractivity contribution in [1.82, 2.24) is 0 Å². The molecule has 2 rings (SSSR count). The van der Waals surface area contributed by atoms with E-state index in [1.807, 2.05) is 12.1 Å². The molecule has 1 amide bonds. The fraction of sp³-hybridized carbons (Fsp3) is 0.364. The van der Waals surface area contributed by atoms with Gasteiger partial charge in [0.1, 0.15) is 0 Å². The summed E-state index contributed by atoms with van der Waals surface area (Å²) in [5, 5.41) is 3.63. The number of halogens is 1. The monoisotopic (exact) mass is 285 g/mol. The third-order valence-corrected chi connectivity index (χ3v) is 2.67. The second kappa shape index (κ2) is 4.74. The summed E-state index contributed by atoms with van der Waals surface area (Å²) in [6.45, 7) is 1.73. The Labute approximate surface area is 102 Å². The van der Waals surface area contributed by atoms with Crippen LogP contribution in [0.1, 0.15) is 12.5 Å². The zero-order valence-electron chi connectivity index (χ0n) is 8.88. The van der Waals surface area contributed by atoms with Gasteiger partial charge in [-0.2, -0.15) is 0 Å². The highest BCUT2D eigenvalue weighted by Crippen LogP contribution is 2.37. The molecule has 0 saturated heterocycles. The van der Waals surface area contributed by atoms with Crippen molar-refractivity contribution in [2.45, 2.75) is 13.3 Å². The summed E-state index contributed by atoms with van der Waals surface area (Å²) in [6, 6.07) is 3.72. The first-order chi connectivity index (χ1) is 7.70. The van der Waals surface area contributed by atoms with E-state index in [0.29, 0.717) is 5.75 Å². The fourth-order valence-electron chi connectivity index (χ4n) is 1.60. The first-order valence-corrected chi connectivity index (χ1v) is 6.09. The van der Waals surface area contributed by atoms with Crippen LogP contribution < -0.4 is 14.8 Å². The number of alkyl halides is 1. The Bertz CT molecular complexity index is 420. The molecule has 0 saturated carbocycles. The van der Waals surface area contributed by atoms with Gasteiger partial charge in [-0.15, -0.1) is 0 Å². The molecule has 5 heteroatoms. The second-order valence-electron chi connectivity index (χ2n) is 3.48.